The second kappa shape index (κ2) is 5.23. The lowest BCUT2D eigenvalue weighted by molar-refractivity contribution is -0.384. The van der Waals surface area contributed by atoms with Crippen LogP contribution < -0.4 is 11.1 Å². The van der Waals surface area contributed by atoms with Gasteiger partial charge < -0.3 is 16.0 Å². The number of benzene rings is 1. The SMILES string of the molecule is CNC1CCN(C(=O)c2cc([N+](=O)[O-])ccc2N)C1. The lowest BCUT2D eigenvalue weighted by Gasteiger charge is -2.17. The number of nitrogens with two attached hydrogens (primary N) is 1. The van der Waals surface area contributed by atoms with Crippen molar-refractivity contribution in [3.8, 4) is 0 Å². The third-order valence-electron chi connectivity index (χ3n) is 3.36. The summed E-state index contributed by atoms with van der Waals surface area (Å²) in [6, 6.07) is 4.21. The van der Waals surface area contributed by atoms with Crippen molar-refractivity contribution in [2.24, 2.45) is 0 Å². The van der Waals surface area contributed by atoms with Crippen LogP contribution in [0.15, 0.2) is 18.2 Å². The molecule has 7 nitrogen and oxygen atoms in total. The zero-order valence-corrected chi connectivity index (χ0v) is 10.6. The fourth-order valence-electron chi connectivity index (χ4n) is 2.19. The molecule has 1 heterocycles. The molecular weight excluding hydrogens is 248 g/mol. The van der Waals surface area contributed by atoms with Gasteiger partial charge in [-0.15, -0.1) is 0 Å². The highest BCUT2D eigenvalue weighted by molar-refractivity contribution is 6.00. The third-order valence-corrected chi connectivity index (χ3v) is 3.36. The van der Waals surface area contributed by atoms with E-state index in [4.69, 9.17) is 5.73 Å². The molecule has 1 saturated heterocycles. The Hall–Kier alpha value is -2.15. The van der Waals surface area contributed by atoms with Gasteiger partial charge in [-0.05, 0) is 19.5 Å². The number of likely N-dealkylation sites (tertiary alicyclic amines) is 1. The van der Waals surface area contributed by atoms with Crippen molar-refractivity contribution in [2.45, 2.75) is 12.5 Å². The van der Waals surface area contributed by atoms with Crippen LogP contribution in [0.25, 0.3) is 0 Å². The first-order chi connectivity index (χ1) is 9.02. The molecule has 0 aromatic heterocycles. The average Bonchev–Trinajstić information content (AvgIpc) is 2.87. The quantitative estimate of drug-likeness (QED) is 0.473. The van der Waals surface area contributed by atoms with Gasteiger partial charge in [0.1, 0.15) is 0 Å². The summed E-state index contributed by atoms with van der Waals surface area (Å²) in [7, 11) is 1.85. The Labute approximate surface area is 110 Å². The van der Waals surface area contributed by atoms with Crippen LogP contribution in [0.3, 0.4) is 0 Å². The molecule has 7 heteroatoms. The number of hydrogen-bond acceptors (Lipinski definition) is 5. The Morgan fingerprint density at radius 1 is 1.58 bits per heavy atom. The van der Waals surface area contributed by atoms with Crippen LogP contribution in [0.4, 0.5) is 11.4 Å². The third kappa shape index (κ3) is 2.65. The zero-order valence-electron chi connectivity index (χ0n) is 10.6. The molecule has 1 amide bonds. The molecule has 1 aromatic carbocycles. The molecule has 3 N–H and O–H groups in total. The van der Waals surface area contributed by atoms with E-state index in [-0.39, 0.29) is 28.9 Å². The van der Waals surface area contributed by atoms with Gasteiger partial charge in [-0.25, -0.2) is 0 Å². The highest BCUT2D eigenvalue weighted by atomic mass is 16.6. The van der Waals surface area contributed by atoms with Crippen LogP contribution in [-0.2, 0) is 0 Å². The number of hydrogen-bond donors (Lipinski definition) is 2. The maximum Gasteiger partial charge on any atom is 0.270 e. The molecule has 1 fully saturated rings. The minimum absolute atomic E-state index is 0.123. The maximum absolute atomic E-state index is 12.3. The molecule has 102 valence electrons. The van der Waals surface area contributed by atoms with Crippen molar-refractivity contribution < 1.29 is 9.72 Å². The molecule has 0 radical (unpaired) electrons. The number of carbonyl (C=O) groups is 1. The van der Waals surface area contributed by atoms with Crippen molar-refractivity contribution in [1.82, 2.24) is 10.2 Å². The topological polar surface area (TPSA) is 102 Å². The first-order valence-corrected chi connectivity index (χ1v) is 6.03. The Morgan fingerprint density at radius 3 is 2.89 bits per heavy atom. The summed E-state index contributed by atoms with van der Waals surface area (Å²) in [5, 5.41) is 13.8. The van der Waals surface area contributed by atoms with E-state index in [0.29, 0.717) is 13.1 Å². The van der Waals surface area contributed by atoms with Crippen molar-refractivity contribution in [2.75, 3.05) is 25.9 Å². The number of nitro groups is 1. The summed E-state index contributed by atoms with van der Waals surface area (Å²) in [5.41, 5.74) is 6.08. The van der Waals surface area contributed by atoms with Crippen LogP contribution in [0.1, 0.15) is 16.8 Å². The number of non-ortho nitro benzene ring substituents is 1. The molecule has 0 saturated carbocycles. The summed E-state index contributed by atoms with van der Waals surface area (Å²) in [6.07, 6.45) is 0.872. The van der Waals surface area contributed by atoms with Crippen LogP contribution in [-0.4, -0.2) is 41.9 Å². The van der Waals surface area contributed by atoms with Crippen LogP contribution in [0.5, 0.6) is 0 Å². The standard InChI is InChI=1S/C12H16N4O3/c1-14-8-4-5-15(7-8)12(17)10-6-9(16(18)19)2-3-11(10)13/h2-3,6,8,14H,4-5,7,13H2,1H3. The number of nitrogen functional groups attached to an aromatic ring is 1. The molecule has 1 aliphatic heterocycles. The molecule has 0 spiro atoms. The molecule has 0 aliphatic carbocycles. The van der Waals surface area contributed by atoms with Gasteiger partial charge in [-0.3, -0.25) is 14.9 Å². The van der Waals surface area contributed by atoms with Crippen molar-refractivity contribution in [1.29, 1.82) is 0 Å². The van der Waals surface area contributed by atoms with Crippen LogP contribution >= 0.6 is 0 Å². The van der Waals surface area contributed by atoms with Crippen molar-refractivity contribution in [3.05, 3.63) is 33.9 Å². The van der Waals surface area contributed by atoms with Crippen molar-refractivity contribution in [3.63, 3.8) is 0 Å². The Kier molecular flexibility index (Phi) is 3.66. The smallest absolute Gasteiger partial charge is 0.270 e. The number of nitrogens with zero attached hydrogens (tertiary/aromatic N) is 2. The Morgan fingerprint density at radius 2 is 2.32 bits per heavy atom. The molecule has 1 unspecified atom stereocenters. The van der Waals surface area contributed by atoms with E-state index in [1.807, 2.05) is 7.05 Å². The van der Waals surface area contributed by atoms with Crippen LogP contribution in [0, 0.1) is 10.1 Å². The van der Waals surface area contributed by atoms with Gasteiger partial charge in [0.2, 0.25) is 0 Å². The average molecular weight is 264 g/mol. The summed E-state index contributed by atoms with van der Waals surface area (Å²) < 4.78 is 0. The Balaban J connectivity index is 2.24. The number of carbonyl (C=O) groups excluding carboxylic acids is 1. The molecule has 2 rings (SSSR count). The number of likely N-dealkylation sites (N-methyl/N-ethyl adjacent to an activating group) is 1. The predicted molar refractivity (Wildman–Crippen MR) is 70.9 cm³/mol. The second-order valence-corrected chi connectivity index (χ2v) is 4.55. The fourth-order valence-corrected chi connectivity index (χ4v) is 2.19. The normalized spacial score (nSPS) is 18.6. The predicted octanol–water partition coefficient (Wildman–Crippen LogP) is 0.611. The summed E-state index contributed by atoms with van der Waals surface area (Å²) >= 11 is 0. The van der Waals surface area contributed by atoms with E-state index >= 15 is 0 Å². The van der Waals surface area contributed by atoms with Crippen LogP contribution in [0.2, 0.25) is 0 Å². The number of amides is 1. The zero-order chi connectivity index (χ0) is 14.0. The van der Waals surface area contributed by atoms with Gasteiger partial charge in [-0.2, -0.15) is 0 Å². The van der Waals surface area contributed by atoms with E-state index in [2.05, 4.69) is 5.32 Å². The highest BCUT2D eigenvalue weighted by Crippen LogP contribution is 2.22. The molecule has 1 aromatic rings. The largest absolute Gasteiger partial charge is 0.398 e. The van der Waals surface area contributed by atoms with Crippen molar-refractivity contribution >= 4 is 17.3 Å². The van der Waals surface area contributed by atoms with E-state index in [9.17, 15) is 14.9 Å². The monoisotopic (exact) mass is 264 g/mol. The van der Waals surface area contributed by atoms with E-state index in [1.165, 1.54) is 18.2 Å². The lowest BCUT2D eigenvalue weighted by Crippen LogP contribution is -2.33. The fraction of sp³-hybridized carbons (Fsp3) is 0.417. The summed E-state index contributed by atoms with van der Waals surface area (Å²) in [4.78, 5) is 24.2. The van der Waals surface area contributed by atoms with Gasteiger partial charge in [0, 0.05) is 37.0 Å². The number of nitrogens with one attached hydrogen (secondary N) is 1. The minimum Gasteiger partial charge on any atom is -0.398 e. The summed E-state index contributed by atoms with van der Waals surface area (Å²) in [5.74, 6) is -0.251. The van der Waals surface area contributed by atoms with E-state index in [0.717, 1.165) is 6.42 Å². The first kappa shape index (κ1) is 13.3. The maximum atomic E-state index is 12.3. The number of anilines is 1. The number of rotatable bonds is 3. The first-order valence-electron chi connectivity index (χ1n) is 6.03. The molecule has 1 aliphatic rings. The van der Waals surface area contributed by atoms with E-state index < -0.39 is 4.92 Å². The van der Waals surface area contributed by atoms with Gasteiger partial charge in [-0.1, -0.05) is 0 Å². The molecular formula is C12H16N4O3. The van der Waals surface area contributed by atoms with Gasteiger partial charge in [0.15, 0.2) is 0 Å². The summed E-state index contributed by atoms with van der Waals surface area (Å²) in [6.45, 7) is 1.23. The lowest BCUT2D eigenvalue weighted by atomic mass is 10.1. The molecule has 0 bridgehead atoms. The molecule has 19 heavy (non-hydrogen) atoms. The van der Waals surface area contributed by atoms with Gasteiger partial charge in [0.25, 0.3) is 11.6 Å². The van der Waals surface area contributed by atoms with Gasteiger partial charge in [0.05, 0.1) is 10.5 Å². The van der Waals surface area contributed by atoms with Gasteiger partial charge >= 0.3 is 0 Å². The van der Waals surface area contributed by atoms with E-state index in [1.54, 1.807) is 4.90 Å². The highest BCUT2D eigenvalue weighted by Gasteiger charge is 2.27. The molecule has 1 atom stereocenters. The number of nitro benzene ring substituents is 1. The second-order valence-electron chi connectivity index (χ2n) is 4.55. The Bertz CT molecular complexity index is 518. The minimum atomic E-state index is -0.531.